The van der Waals surface area contributed by atoms with Crippen LogP contribution in [-0.4, -0.2) is 37.3 Å². The molecule has 1 saturated heterocycles. The van der Waals surface area contributed by atoms with Gasteiger partial charge in [0.1, 0.15) is 0 Å². The minimum absolute atomic E-state index is 0.00508. The summed E-state index contributed by atoms with van der Waals surface area (Å²) in [6.45, 7) is 4.89. The summed E-state index contributed by atoms with van der Waals surface area (Å²) in [6, 6.07) is 0.874. The number of ether oxygens (including phenoxy) is 1. The van der Waals surface area contributed by atoms with Gasteiger partial charge in [-0.25, -0.2) is 13.8 Å². The van der Waals surface area contributed by atoms with Crippen molar-refractivity contribution in [3.8, 4) is 0 Å². The summed E-state index contributed by atoms with van der Waals surface area (Å²) in [6.07, 6.45) is 0.00508. The standard InChI is InChI=1S/C12H17F2N3O/c1-7-6-18-8(2)5-17(7)12-10(14)4-9(13)11(15-3)16-12/h4,7-8H,5-6H2,1-3H3,(H,15,16). The first kappa shape index (κ1) is 13.0. The molecule has 18 heavy (non-hydrogen) atoms. The van der Waals surface area contributed by atoms with E-state index in [-0.39, 0.29) is 23.8 Å². The lowest BCUT2D eigenvalue weighted by Gasteiger charge is -2.37. The molecule has 1 aromatic heterocycles. The van der Waals surface area contributed by atoms with Gasteiger partial charge in [-0.3, -0.25) is 0 Å². The van der Waals surface area contributed by atoms with Crippen molar-refractivity contribution in [3.05, 3.63) is 17.7 Å². The average molecular weight is 257 g/mol. The van der Waals surface area contributed by atoms with E-state index in [9.17, 15) is 8.78 Å². The Morgan fingerprint density at radius 3 is 2.78 bits per heavy atom. The van der Waals surface area contributed by atoms with Crippen LogP contribution in [0.15, 0.2) is 6.07 Å². The van der Waals surface area contributed by atoms with Crippen LogP contribution in [0.1, 0.15) is 13.8 Å². The third-order valence-electron chi connectivity index (χ3n) is 3.03. The maximum Gasteiger partial charge on any atom is 0.168 e. The molecule has 100 valence electrons. The van der Waals surface area contributed by atoms with Crippen LogP contribution in [0.25, 0.3) is 0 Å². The minimum atomic E-state index is -0.687. The zero-order valence-electron chi connectivity index (χ0n) is 10.7. The Hall–Kier alpha value is -1.43. The number of nitrogens with zero attached hydrogens (tertiary/aromatic N) is 2. The highest BCUT2D eigenvalue weighted by atomic mass is 19.1. The van der Waals surface area contributed by atoms with Crippen molar-refractivity contribution in [3.63, 3.8) is 0 Å². The van der Waals surface area contributed by atoms with Gasteiger partial charge in [0.05, 0.1) is 18.8 Å². The third kappa shape index (κ3) is 2.38. The molecule has 1 aliphatic rings. The maximum absolute atomic E-state index is 13.8. The maximum atomic E-state index is 13.8. The van der Waals surface area contributed by atoms with Gasteiger partial charge in [0.2, 0.25) is 0 Å². The molecular weight excluding hydrogens is 240 g/mol. The molecule has 6 heteroatoms. The molecule has 1 fully saturated rings. The monoisotopic (exact) mass is 257 g/mol. The first-order valence-corrected chi connectivity index (χ1v) is 5.95. The Labute approximate surface area is 105 Å². The molecule has 1 aromatic rings. The van der Waals surface area contributed by atoms with Gasteiger partial charge in [-0.15, -0.1) is 0 Å². The van der Waals surface area contributed by atoms with Crippen LogP contribution in [0.2, 0.25) is 0 Å². The van der Waals surface area contributed by atoms with E-state index >= 15 is 0 Å². The van der Waals surface area contributed by atoms with Crippen molar-refractivity contribution in [2.45, 2.75) is 26.0 Å². The minimum Gasteiger partial charge on any atom is -0.375 e. The van der Waals surface area contributed by atoms with Gasteiger partial charge in [-0.05, 0) is 13.8 Å². The highest BCUT2D eigenvalue weighted by Gasteiger charge is 2.27. The van der Waals surface area contributed by atoms with Crippen LogP contribution in [0.4, 0.5) is 20.4 Å². The molecule has 0 radical (unpaired) electrons. The molecule has 1 N–H and O–H groups in total. The van der Waals surface area contributed by atoms with Gasteiger partial charge in [-0.2, -0.15) is 0 Å². The van der Waals surface area contributed by atoms with Crippen molar-refractivity contribution >= 4 is 11.6 Å². The third-order valence-corrected chi connectivity index (χ3v) is 3.03. The van der Waals surface area contributed by atoms with E-state index in [0.717, 1.165) is 6.07 Å². The number of morpholine rings is 1. The van der Waals surface area contributed by atoms with E-state index in [1.807, 2.05) is 18.7 Å². The highest BCUT2D eigenvalue weighted by molar-refractivity contribution is 5.50. The summed E-state index contributed by atoms with van der Waals surface area (Å²) in [5, 5.41) is 2.62. The summed E-state index contributed by atoms with van der Waals surface area (Å²) >= 11 is 0. The number of anilines is 2. The van der Waals surface area contributed by atoms with Crippen molar-refractivity contribution in [2.75, 3.05) is 30.4 Å². The lowest BCUT2D eigenvalue weighted by Crippen LogP contribution is -2.48. The molecule has 0 amide bonds. The summed E-state index contributed by atoms with van der Waals surface area (Å²) in [5.74, 6) is -1.11. The first-order valence-electron chi connectivity index (χ1n) is 5.95. The van der Waals surface area contributed by atoms with Gasteiger partial charge in [0, 0.05) is 19.7 Å². The zero-order valence-corrected chi connectivity index (χ0v) is 10.7. The lowest BCUT2D eigenvalue weighted by molar-refractivity contribution is 0.0337. The second-order valence-corrected chi connectivity index (χ2v) is 4.52. The fraction of sp³-hybridized carbons (Fsp3) is 0.583. The molecule has 4 nitrogen and oxygen atoms in total. The molecule has 2 atom stereocenters. The fourth-order valence-corrected chi connectivity index (χ4v) is 2.03. The van der Waals surface area contributed by atoms with Crippen molar-refractivity contribution in [1.29, 1.82) is 0 Å². The molecule has 2 heterocycles. The summed E-state index contributed by atoms with van der Waals surface area (Å²) in [5.41, 5.74) is 0. The van der Waals surface area contributed by atoms with Crippen LogP contribution < -0.4 is 10.2 Å². The Balaban J connectivity index is 2.36. The molecule has 2 unspecified atom stereocenters. The second-order valence-electron chi connectivity index (χ2n) is 4.52. The topological polar surface area (TPSA) is 37.4 Å². The SMILES string of the molecule is CNc1nc(N2CC(C)OCC2C)c(F)cc1F. The van der Waals surface area contributed by atoms with Crippen LogP contribution in [0.5, 0.6) is 0 Å². The summed E-state index contributed by atoms with van der Waals surface area (Å²) in [4.78, 5) is 5.82. The number of pyridine rings is 1. The van der Waals surface area contributed by atoms with E-state index < -0.39 is 11.6 Å². The number of aromatic nitrogens is 1. The summed E-state index contributed by atoms with van der Waals surface area (Å²) < 4.78 is 32.7. The Morgan fingerprint density at radius 1 is 1.39 bits per heavy atom. The van der Waals surface area contributed by atoms with Crippen molar-refractivity contribution in [2.24, 2.45) is 0 Å². The number of rotatable bonds is 2. The van der Waals surface area contributed by atoms with Gasteiger partial charge in [-0.1, -0.05) is 0 Å². The predicted molar refractivity (Wildman–Crippen MR) is 65.9 cm³/mol. The van der Waals surface area contributed by atoms with Gasteiger partial charge >= 0.3 is 0 Å². The number of hydrogen-bond donors (Lipinski definition) is 1. The Morgan fingerprint density at radius 2 is 2.11 bits per heavy atom. The average Bonchev–Trinajstić information content (AvgIpc) is 2.33. The Kier molecular flexibility index (Phi) is 3.65. The van der Waals surface area contributed by atoms with E-state index in [0.29, 0.717) is 13.2 Å². The van der Waals surface area contributed by atoms with Gasteiger partial charge in [0.15, 0.2) is 23.3 Å². The van der Waals surface area contributed by atoms with E-state index in [1.165, 1.54) is 0 Å². The predicted octanol–water partition coefficient (Wildman–Crippen LogP) is 2.02. The van der Waals surface area contributed by atoms with E-state index in [1.54, 1.807) is 7.05 Å². The second kappa shape index (κ2) is 5.06. The molecule has 0 saturated carbocycles. The first-order chi connectivity index (χ1) is 8.52. The number of nitrogens with one attached hydrogen (secondary N) is 1. The molecule has 0 aromatic carbocycles. The number of hydrogen-bond acceptors (Lipinski definition) is 4. The molecule has 0 spiro atoms. The van der Waals surface area contributed by atoms with Crippen LogP contribution in [-0.2, 0) is 4.74 Å². The van der Waals surface area contributed by atoms with Crippen LogP contribution in [0, 0.1) is 11.6 Å². The molecule has 2 rings (SSSR count). The van der Waals surface area contributed by atoms with Crippen molar-refractivity contribution < 1.29 is 13.5 Å². The highest BCUT2D eigenvalue weighted by Crippen LogP contribution is 2.26. The van der Waals surface area contributed by atoms with Crippen LogP contribution in [0.3, 0.4) is 0 Å². The molecule has 0 aliphatic carbocycles. The number of halogens is 2. The van der Waals surface area contributed by atoms with E-state index in [4.69, 9.17) is 4.74 Å². The zero-order chi connectivity index (χ0) is 13.3. The lowest BCUT2D eigenvalue weighted by atomic mass is 10.2. The largest absolute Gasteiger partial charge is 0.375 e. The smallest absolute Gasteiger partial charge is 0.168 e. The molecule has 0 bridgehead atoms. The van der Waals surface area contributed by atoms with Gasteiger partial charge < -0.3 is 15.0 Å². The molecule has 1 aliphatic heterocycles. The van der Waals surface area contributed by atoms with E-state index in [2.05, 4.69) is 10.3 Å². The fourth-order valence-electron chi connectivity index (χ4n) is 2.03. The van der Waals surface area contributed by atoms with Gasteiger partial charge in [0.25, 0.3) is 0 Å². The molecular formula is C12H17F2N3O. The Bertz CT molecular complexity index is 442. The van der Waals surface area contributed by atoms with Crippen LogP contribution >= 0.6 is 0 Å². The van der Waals surface area contributed by atoms with Crippen molar-refractivity contribution in [1.82, 2.24) is 4.98 Å². The normalized spacial score (nSPS) is 24.2. The quantitative estimate of drug-likeness (QED) is 0.879. The summed E-state index contributed by atoms with van der Waals surface area (Å²) in [7, 11) is 1.55.